The first kappa shape index (κ1) is 19.6. The first-order valence-corrected chi connectivity index (χ1v) is 7.34. The lowest BCUT2D eigenvalue weighted by Crippen LogP contribution is -2.53. The molecule has 0 bridgehead atoms. The van der Waals surface area contributed by atoms with Crippen LogP contribution in [0.1, 0.15) is 36.9 Å². The minimum Gasteiger partial charge on any atom is -0.344 e. The molecule has 4 nitrogen and oxygen atoms in total. The lowest BCUT2D eigenvalue weighted by atomic mass is 9.77. The molecule has 2 rings (SSSR count). The summed E-state index contributed by atoms with van der Waals surface area (Å²) in [4.78, 5) is 16.7. The number of aromatic nitrogens is 1. The second-order valence-electron chi connectivity index (χ2n) is 5.18. The van der Waals surface area contributed by atoms with E-state index in [0.717, 1.165) is 23.5 Å². The highest BCUT2D eigenvalue weighted by atomic mass is 35.5. The number of aryl methyl sites for hydroxylation is 1. The topological polar surface area (TPSA) is 54.0 Å². The van der Waals surface area contributed by atoms with Gasteiger partial charge in [0.2, 0.25) is 5.91 Å². The molecule has 1 heterocycles. The lowest BCUT2D eigenvalue weighted by molar-refractivity contribution is -0.127. The largest absolute Gasteiger partial charge is 0.344 e. The average Bonchev–Trinajstić information content (AvgIpc) is 2.70. The number of rotatable bonds is 5. The smallest absolute Gasteiger partial charge is 0.224 e. The van der Waals surface area contributed by atoms with Crippen molar-refractivity contribution in [3.05, 3.63) is 16.1 Å². The first-order valence-electron chi connectivity index (χ1n) is 6.46. The van der Waals surface area contributed by atoms with Gasteiger partial charge < -0.3 is 10.6 Å². The van der Waals surface area contributed by atoms with Crippen molar-refractivity contribution < 1.29 is 4.79 Å². The predicted molar refractivity (Wildman–Crippen MR) is 88.1 cm³/mol. The van der Waals surface area contributed by atoms with Crippen LogP contribution in [0, 0.1) is 12.8 Å². The van der Waals surface area contributed by atoms with E-state index in [1.165, 1.54) is 6.42 Å². The number of hydrogen-bond donors (Lipinski definition) is 2. The summed E-state index contributed by atoms with van der Waals surface area (Å²) in [5.74, 6) is 0.116. The van der Waals surface area contributed by atoms with Gasteiger partial charge in [-0.3, -0.25) is 4.79 Å². The number of thiazole rings is 1. The summed E-state index contributed by atoms with van der Waals surface area (Å²) in [5.41, 5.74) is 0.858. The Morgan fingerprint density at radius 2 is 2.15 bits per heavy atom. The van der Waals surface area contributed by atoms with Crippen molar-refractivity contribution in [1.82, 2.24) is 15.6 Å². The Hall–Kier alpha value is -0.360. The molecule has 0 spiro atoms. The third kappa shape index (κ3) is 4.07. The molecule has 0 aromatic carbocycles. The average molecular weight is 340 g/mol. The Kier molecular flexibility index (Phi) is 8.03. The molecule has 1 fully saturated rings. The Labute approximate surface area is 137 Å². The van der Waals surface area contributed by atoms with Crippen LogP contribution in [0.25, 0.3) is 0 Å². The van der Waals surface area contributed by atoms with Crippen LogP contribution >= 0.6 is 36.2 Å². The van der Waals surface area contributed by atoms with Crippen LogP contribution in [0.15, 0.2) is 5.38 Å². The zero-order valence-electron chi connectivity index (χ0n) is 12.1. The van der Waals surface area contributed by atoms with Crippen LogP contribution in [0.3, 0.4) is 0 Å². The first-order chi connectivity index (χ1) is 8.57. The van der Waals surface area contributed by atoms with E-state index >= 15 is 0 Å². The molecular formula is C13H23Cl2N3OS. The predicted octanol–water partition coefficient (Wildman–Crippen LogP) is 2.65. The van der Waals surface area contributed by atoms with Crippen molar-refractivity contribution in [3.8, 4) is 0 Å². The number of halogens is 2. The van der Waals surface area contributed by atoms with Gasteiger partial charge in [0.25, 0.3) is 0 Å². The fourth-order valence-corrected chi connectivity index (χ4v) is 3.27. The van der Waals surface area contributed by atoms with Crippen molar-refractivity contribution >= 4 is 42.1 Å². The second-order valence-corrected chi connectivity index (χ2v) is 6.04. The van der Waals surface area contributed by atoms with Gasteiger partial charge in [0.05, 0.1) is 5.54 Å². The minimum absolute atomic E-state index is 0. The quantitative estimate of drug-likeness (QED) is 0.866. The van der Waals surface area contributed by atoms with Gasteiger partial charge in [0.15, 0.2) is 0 Å². The zero-order valence-corrected chi connectivity index (χ0v) is 14.5. The molecule has 1 aromatic heterocycles. The van der Waals surface area contributed by atoms with E-state index in [2.05, 4.69) is 21.0 Å². The molecule has 1 saturated carbocycles. The van der Waals surface area contributed by atoms with Crippen LogP contribution < -0.4 is 10.6 Å². The second kappa shape index (κ2) is 8.17. The van der Waals surface area contributed by atoms with Crippen LogP contribution in [0.4, 0.5) is 0 Å². The highest BCUT2D eigenvalue weighted by molar-refractivity contribution is 7.09. The summed E-state index contributed by atoms with van der Waals surface area (Å²) < 4.78 is 0. The Morgan fingerprint density at radius 1 is 1.50 bits per heavy atom. The van der Waals surface area contributed by atoms with Crippen molar-refractivity contribution in [2.75, 3.05) is 13.6 Å². The van der Waals surface area contributed by atoms with Crippen LogP contribution in [0.5, 0.6) is 0 Å². The minimum atomic E-state index is -0.183. The molecule has 116 valence electrons. The third-order valence-electron chi connectivity index (χ3n) is 3.56. The molecule has 7 heteroatoms. The van der Waals surface area contributed by atoms with Gasteiger partial charge in [-0.05, 0) is 33.2 Å². The molecule has 0 aliphatic heterocycles. The highest BCUT2D eigenvalue weighted by Gasteiger charge is 2.43. The fraction of sp³-hybridized carbons (Fsp3) is 0.692. The molecule has 0 radical (unpaired) electrons. The van der Waals surface area contributed by atoms with Crippen LogP contribution in [-0.4, -0.2) is 24.5 Å². The van der Waals surface area contributed by atoms with E-state index in [1.54, 1.807) is 11.3 Å². The molecule has 1 amide bonds. The van der Waals surface area contributed by atoms with Crippen molar-refractivity contribution in [2.24, 2.45) is 5.92 Å². The summed E-state index contributed by atoms with van der Waals surface area (Å²) in [7, 11) is 1.87. The maximum absolute atomic E-state index is 12.1. The summed E-state index contributed by atoms with van der Waals surface area (Å²) in [6.45, 7) is 4.65. The summed E-state index contributed by atoms with van der Waals surface area (Å²) in [6.07, 6.45) is 3.19. The van der Waals surface area contributed by atoms with E-state index in [4.69, 9.17) is 0 Å². The Bertz CT molecular complexity index is 435. The maximum atomic E-state index is 12.1. The molecule has 1 aliphatic carbocycles. The number of amides is 1. The SMILES string of the molecule is CNCC(C)C(=O)NC1(c2nc(C)cs2)CCC1.Cl.Cl. The van der Waals surface area contributed by atoms with Gasteiger partial charge in [-0.25, -0.2) is 4.98 Å². The lowest BCUT2D eigenvalue weighted by Gasteiger charge is -2.41. The normalized spacial score (nSPS) is 17.1. The molecule has 1 atom stereocenters. The molecule has 2 N–H and O–H groups in total. The van der Waals surface area contributed by atoms with E-state index in [1.807, 2.05) is 20.9 Å². The zero-order chi connectivity index (χ0) is 13.2. The van der Waals surface area contributed by atoms with Gasteiger partial charge in [-0.15, -0.1) is 36.2 Å². The highest BCUT2D eigenvalue weighted by Crippen LogP contribution is 2.42. The van der Waals surface area contributed by atoms with Gasteiger partial charge in [-0.1, -0.05) is 6.92 Å². The number of nitrogens with one attached hydrogen (secondary N) is 2. The fourth-order valence-electron chi connectivity index (χ4n) is 2.25. The number of carbonyl (C=O) groups is 1. The van der Waals surface area contributed by atoms with Gasteiger partial charge in [0, 0.05) is 23.5 Å². The molecule has 1 unspecified atom stereocenters. The standard InChI is InChI=1S/C13H21N3OS.2ClH/c1-9(7-14-3)11(17)16-13(5-4-6-13)12-15-10(2)8-18-12;;/h8-9,14H,4-7H2,1-3H3,(H,16,17);2*1H. The van der Waals surface area contributed by atoms with Gasteiger partial charge in [-0.2, -0.15) is 0 Å². The van der Waals surface area contributed by atoms with E-state index < -0.39 is 0 Å². The van der Waals surface area contributed by atoms with Crippen molar-refractivity contribution in [1.29, 1.82) is 0 Å². The Morgan fingerprint density at radius 3 is 2.55 bits per heavy atom. The monoisotopic (exact) mass is 339 g/mol. The summed E-state index contributed by atoms with van der Waals surface area (Å²) >= 11 is 1.66. The number of nitrogens with zero attached hydrogens (tertiary/aromatic N) is 1. The maximum Gasteiger partial charge on any atom is 0.224 e. The molecule has 20 heavy (non-hydrogen) atoms. The van der Waals surface area contributed by atoms with Crippen molar-refractivity contribution in [2.45, 2.75) is 38.6 Å². The van der Waals surface area contributed by atoms with E-state index in [9.17, 15) is 4.79 Å². The van der Waals surface area contributed by atoms with E-state index in [-0.39, 0.29) is 42.2 Å². The molecule has 1 aliphatic rings. The molecule has 0 saturated heterocycles. The van der Waals surface area contributed by atoms with E-state index in [0.29, 0.717) is 6.54 Å². The third-order valence-corrected chi connectivity index (χ3v) is 4.72. The Balaban J connectivity index is 0.00000180. The van der Waals surface area contributed by atoms with Gasteiger partial charge in [0.1, 0.15) is 5.01 Å². The summed E-state index contributed by atoms with van der Waals surface area (Å²) in [6, 6.07) is 0. The molecule has 1 aromatic rings. The van der Waals surface area contributed by atoms with Crippen LogP contribution in [-0.2, 0) is 10.3 Å². The van der Waals surface area contributed by atoms with Crippen LogP contribution in [0.2, 0.25) is 0 Å². The molecular weight excluding hydrogens is 317 g/mol. The van der Waals surface area contributed by atoms with Crippen molar-refractivity contribution in [3.63, 3.8) is 0 Å². The number of hydrogen-bond acceptors (Lipinski definition) is 4. The number of carbonyl (C=O) groups excluding carboxylic acids is 1. The summed E-state index contributed by atoms with van der Waals surface area (Å²) in [5, 5.41) is 9.37. The van der Waals surface area contributed by atoms with Gasteiger partial charge >= 0.3 is 0 Å².